The average Bonchev–Trinajstić information content (AvgIpc) is 2.42. The van der Waals surface area contributed by atoms with E-state index in [-0.39, 0.29) is 0 Å². The fourth-order valence-corrected chi connectivity index (χ4v) is 0.668. The number of allylic oxidation sites excluding steroid dienone is 1. The van der Waals surface area contributed by atoms with E-state index in [4.69, 9.17) is 0 Å². The highest BCUT2D eigenvalue weighted by Gasteiger charge is 2.26. The summed E-state index contributed by atoms with van der Waals surface area (Å²) in [5, 5.41) is 0. The smallest absolute Gasteiger partial charge is 0.382 e. The van der Waals surface area contributed by atoms with E-state index in [0.29, 0.717) is 6.29 Å². The SMILES string of the molecule is O=C/C=C\C(=O)OC1=CC(=O)OC1=O. The Hall–Kier alpha value is -2.24. The van der Waals surface area contributed by atoms with Crippen LogP contribution in [-0.4, -0.2) is 24.2 Å². The fraction of sp³-hybridized carbons (Fsp3) is 0. The molecule has 0 aromatic carbocycles. The zero-order valence-corrected chi connectivity index (χ0v) is 6.76. The van der Waals surface area contributed by atoms with Crippen LogP contribution in [0.4, 0.5) is 0 Å². The number of cyclic esters (lactones) is 2. The fourth-order valence-electron chi connectivity index (χ4n) is 0.668. The highest BCUT2D eigenvalue weighted by Crippen LogP contribution is 2.09. The Morgan fingerprint density at radius 3 is 2.64 bits per heavy atom. The highest BCUT2D eigenvalue weighted by atomic mass is 16.6. The van der Waals surface area contributed by atoms with Crippen molar-refractivity contribution in [3.05, 3.63) is 24.0 Å². The number of carbonyl (C=O) groups excluding carboxylic acids is 4. The molecule has 0 aromatic heterocycles. The molecule has 72 valence electrons. The van der Waals surface area contributed by atoms with Crippen molar-refractivity contribution in [3.63, 3.8) is 0 Å². The lowest BCUT2D eigenvalue weighted by molar-refractivity contribution is -0.154. The molecule has 0 saturated heterocycles. The van der Waals surface area contributed by atoms with Gasteiger partial charge in [0.1, 0.15) is 6.29 Å². The summed E-state index contributed by atoms with van der Waals surface area (Å²) >= 11 is 0. The van der Waals surface area contributed by atoms with Crippen LogP contribution in [0.5, 0.6) is 0 Å². The maximum absolute atomic E-state index is 10.8. The molecule has 1 rings (SSSR count). The Balaban J connectivity index is 2.61. The molecule has 6 heteroatoms. The van der Waals surface area contributed by atoms with Gasteiger partial charge in [-0.1, -0.05) is 0 Å². The molecule has 0 saturated carbocycles. The standard InChI is InChI=1S/C8H4O6/c9-3-1-2-6(10)13-5-4-7(11)14-8(5)12/h1-4H/b2-1-. The van der Waals surface area contributed by atoms with Gasteiger partial charge in [0.05, 0.1) is 6.08 Å². The summed E-state index contributed by atoms with van der Waals surface area (Å²) in [7, 11) is 0. The van der Waals surface area contributed by atoms with Gasteiger partial charge in [0.25, 0.3) is 0 Å². The van der Waals surface area contributed by atoms with Crippen molar-refractivity contribution in [1.29, 1.82) is 0 Å². The van der Waals surface area contributed by atoms with E-state index in [1.807, 2.05) is 0 Å². The van der Waals surface area contributed by atoms with Gasteiger partial charge in [-0.3, -0.25) is 4.79 Å². The first kappa shape index (κ1) is 9.85. The highest BCUT2D eigenvalue weighted by molar-refractivity contribution is 6.09. The maximum atomic E-state index is 10.8. The first-order valence-electron chi connectivity index (χ1n) is 3.45. The van der Waals surface area contributed by atoms with Crippen molar-refractivity contribution in [3.8, 4) is 0 Å². The van der Waals surface area contributed by atoms with Crippen LogP contribution in [0.2, 0.25) is 0 Å². The van der Waals surface area contributed by atoms with Crippen LogP contribution in [0, 0.1) is 0 Å². The topological polar surface area (TPSA) is 86.7 Å². The van der Waals surface area contributed by atoms with E-state index < -0.39 is 23.7 Å². The van der Waals surface area contributed by atoms with E-state index in [9.17, 15) is 19.2 Å². The van der Waals surface area contributed by atoms with Crippen molar-refractivity contribution in [2.75, 3.05) is 0 Å². The molecule has 0 radical (unpaired) electrons. The number of hydrogen-bond acceptors (Lipinski definition) is 6. The zero-order valence-electron chi connectivity index (χ0n) is 6.76. The average molecular weight is 196 g/mol. The van der Waals surface area contributed by atoms with Crippen molar-refractivity contribution < 1.29 is 28.7 Å². The summed E-state index contributed by atoms with van der Waals surface area (Å²) < 4.78 is 8.42. The Kier molecular flexibility index (Phi) is 2.90. The van der Waals surface area contributed by atoms with Gasteiger partial charge in [0, 0.05) is 6.08 Å². The number of hydrogen-bond donors (Lipinski definition) is 0. The summed E-state index contributed by atoms with van der Waals surface area (Å²) in [6.07, 6.45) is 2.82. The normalized spacial score (nSPS) is 15.3. The third kappa shape index (κ3) is 2.37. The molecular formula is C8H4O6. The van der Waals surface area contributed by atoms with Crippen LogP contribution in [0.1, 0.15) is 0 Å². The molecule has 14 heavy (non-hydrogen) atoms. The van der Waals surface area contributed by atoms with E-state index in [0.717, 1.165) is 18.2 Å². The van der Waals surface area contributed by atoms with Crippen molar-refractivity contribution in [2.24, 2.45) is 0 Å². The predicted octanol–water partition coefficient (Wildman–Crippen LogP) is -0.748. The lowest BCUT2D eigenvalue weighted by atomic mass is 10.5. The van der Waals surface area contributed by atoms with Gasteiger partial charge >= 0.3 is 17.9 Å². The number of esters is 3. The van der Waals surface area contributed by atoms with Gasteiger partial charge in [0.15, 0.2) is 0 Å². The molecule has 6 nitrogen and oxygen atoms in total. The first-order chi connectivity index (χ1) is 6.63. The monoisotopic (exact) mass is 196 g/mol. The third-order valence-corrected chi connectivity index (χ3v) is 1.16. The maximum Gasteiger partial charge on any atom is 0.382 e. The Labute approximate surface area is 77.8 Å². The van der Waals surface area contributed by atoms with Crippen LogP contribution < -0.4 is 0 Å². The minimum Gasteiger partial charge on any atom is -0.415 e. The Morgan fingerprint density at radius 1 is 1.43 bits per heavy atom. The largest absolute Gasteiger partial charge is 0.415 e. The third-order valence-electron chi connectivity index (χ3n) is 1.16. The van der Waals surface area contributed by atoms with E-state index >= 15 is 0 Å². The van der Waals surface area contributed by atoms with Crippen molar-refractivity contribution >= 4 is 24.2 Å². The summed E-state index contributed by atoms with van der Waals surface area (Å²) in [5.41, 5.74) is 0. The summed E-state index contributed by atoms with van der Waals surface area (Å²) in [6, 6.07) is 0. The Morgan fingerprint density at radius 2 is 2.14 bits per heavy atom. The van der Waals surface area contributed by atoms with Crippen LogP contribution in [0.3, 0.4) is 0 Å². The van der Waals surface area contributed by atoms with Crippen LogP contribution in [0.25, 0.3) is 0 Å². The molecule has 1 aliphatic rings. The van der Waals surface area contributed by atoms with Gasteiger partial charge in [-0.25, -0.2) is 14.4 Å². The van der Waals surface area contributed by atoms with E-state index in [1.54, 1.807) is 0 Å². The molecule has 0 bridgehead atoms. The van der Waals surface area contributed by atoms with Crippen LogP contribution in [0.15, 0.2) is 24.0 Å². The number of rotatable bonds is 3. The van der Waals surface area contributed by atoms with Gasteiger partial charge in [-0.2, -0.15) is 0 Å². The molecule has 0 fully saturated rings. The molecule has 0 aromatic rings. The van der Waals surface area contributed by atoms with Gasteiger partial charge < -0.3 is 9.47 Å². The summed E-state index contributed by atoms with van der Waals surface area (Å²) in [5.74, 6) is -3.34. The molecule has 0 aliphatic carbocycles. The Bertz CT molecular complexity index is 362. The molecular weight excluding hydrogens is 192 g/mol. The molecule has 0 spiro atoms. The van der Waals surface area contributed by atoms with Crippen LogP contribution >= 0.6 is 0 Å². The van der Waals surface area contributed by atoms with E-state index in [2.05, 4.69) is 9.47 Å². The van der Waals surface area contributed by atoms with Crippen molar-refractivity contribution in [2.45, 2.75) is 0 Å². The predicted molar refractivity (Wildman–Crippen MR) is 40.5 cm³/mol. The number of carbonyl (C=O) groups is 4. The second-order valence-corrected chi connectivity index (χ2v) is 2.13. The van der Waals surface area contributed by atoms with Gasteiger partial charge in [-0.05, 0) is 6.08 Å². The molecule has 0 unspecified atom stereocenters. The van der Waals surface area contributed by atoms with Gasteiger partial charge in [0.2, 0.25) is 5.76 Å². The second-order valence-electron chi connectivity index (χ2n) is 2.13. The van der Waals surface area contributed by atoms with E-state index in [1.165, 1.54) is 0 Å². The zero-order chi connectivity index (χ0) is 10.6. The molecule has 1 heterocycles. The summed E-state index contributed by atoms with van der Waals surface area (Å²) in [6.45, 7) is 0. The molecule has 0 N–H and O–H groups in total. The minimum absolute atomic E-state index is 0.369. The van der Waals surface area contributed by atoms with Crippen LogP contribution in [-0.2, 0) is 28.7 Å². The summed E-state index contributed by atoms with van der Waals surface area (Å²) in [4.78, 5) is 41.8. The quantitative estimate of drug-likeness (QED) is 0.255. The van der Waals surface area contributed by atoms with Crippen molar-refractivity contribution in [1.82, 2.24) is 0 Å². The van der Waals surface area contributed by atoms with Gasteiger partial charge in [-0.15, -0.1) is 0 Å². The number of aldehydes is 1. The molecule has 0 atom stereocenters. The minimum atomic E-state index is -1.03. The molecule has 1 aliphatic heterocycles. The number of ether oxygens (including phenoxy) is 2. The lowest BCUT2D eigenvalue weighted by Crippen LogP contribution is -2.08. The second kappa shape index (κ2) is 4.13. The molecule has 0 amide bonds. The lowest BCUT2D eigenvalue weighted by Gasteiger charge is -1.96. The first-order valence-corrected chi connectivity index (χ1v) is 3.45.